The van der Waals surface area contributed by atoms with E-state index in [2.05, 4.69) is 21.2 Å². The molecule has 0 spiro atoms. The lowest BCUT2D eigenvalue weighted by molar-refractivity contribution is -0.138. The average Bonchev–Trinajstić information content (AvgIpc) is 2.72. The number of carbonyl (C=O) groups is 2. The number of thioether (sulfide) groups is 1. The van der Waals surface area contributed by atoms with Crippen LogP contribution in [0.15, 0.2) is 53.0 Å². The second-order valence-corrected chi connectivity index (χ2v) is 9.54. The fraction of sp³-hybridized carbons (Fsp3) is 0.391. The van der Waals surface area contributed by atoms with Crippen LogP contribution in [0, 0.1) is 0 Å². The molecule has 2 atom stereocenters. The second kappa shape index (κ2) is 12.4. The van der Waals surface area contributed by atoms with Gasteiger partial charge in [-0.3, -0.25) is 9.59 Å². The molecule has 0 aliphatic rings. The molecule has 4 nitrogen and oxygen atoms in total. The molecular formula is C23H28BrClN2O2S. The van der Waals surface area contributed by atoms with Crippen molar-refractivity contribution in [3.05, 3.63) is 69.2 Å². The Morgan fingerprint density at radius 2 is 1.90 bits per heavy atom. The molecule has 0 fully saturated rings. The van der Waals surface area contributed by atoms with E-state index in [9.17, 15) is 9.59 Å². The van der Waals surface area contributed by atoms with Gasteiger partial charge >= 0.3 is 0 Å². The van der Waals surface area contributed by atoms with E-state index in [1.54, 1.807) is 11.8 Å². The molecule has 0 saturated heterocycles. The van der Waals surface area contributed by atoms with Gasteiger partial charge in [0.2, 0.25) is 11.8 Å². The monoisotopic (exact) mass is 510 g/mol. The Morgan fingerprint density at radius 3 is 2.57 bits per heavy atom. The Bertz CT molecular complexity index is 865. The molecule has 30 heavy (non-hydrogen) atoms. The van der Waals surface area contributed by atoms with Crippen LogP contribution in [-0.4, -0.2) is 34.6 Å². The van der Waals surface area contributed by atoms with Gasteiger partial charge in [0, 0.05) is 27.8 Å². The zero-order valence-corrected chi connectivity index (χ0v) is 20.7. The number of rotatable bonds is 10. The number of benzene rings is 2. The number of nitrogens with zero attached hydrogens (tertiary/aromatic N) is 1. The summed E-state index contributed by atoms with van der Waals surface area (Å²) in [6.45, 7) is 6.14. The highest BCUT2D eigenvalue weighted by molar-refractivity contribution is 9.10. The molecule has 1 N–H and O–H groups in total. The van der Waals surface area contributed by atoms with Gasteiger partial charge < -0.3 is 10.2 Å². The standard InChI is InChI=1S/C23H28BrClN2O2S/c1-4-16(2)26-23(29)17(3)27(13-18-8-7-10-20(24)12-18)22(28)15-30-14-19-9-5-6-11-21(19)25/h5-12,16-17H,4,13-15H2,1-3H3,(H,26,29)/t16-,17+/m0/s1. The first kappa shape index (κ1) is 24.8. The van der Waals surface area contributed by atoms with Crippen LogP contribution in [0.5, 0.6) is 0 Å². The van der Waals surface area contributed by atoms with Crippen LogP contribution in [0.2, 0.25) is 5.02 Å². The van der Waals surface area contributed by atoms with Crippen molar-refractivity contribution in [2.24, 2.45) is 0 Å². The van der Waals surface area contributed by atoms with Crippen LogP contribution in [0.1, 0.15) is 38.3 Å². The maximum absolute atomic E-state index is 13.1. The Balaban J connectivity index is 2.09. The molecule has 0 bridgehead atoms. The highest BCUT2D eigenvalue weighted by Crippen LogP contribution is 2.22. The van der Waals surface area contributed by atoms with Gasteiger partial charge in [0.1, 0.15) is 6.04 Å². The molecule has 0 aliphatic carbocycles. The quantitative estimate of drug-likeness (QED) is 0.447. The third kappa shape index (κ3) is 7.64. The van der Waals surface area contributed by atoms with E-state index >= 15 is 0 Å². The first-order valence-corrected chi connectivity index (χ1v) is 12.3. The molecule has 0 radical (unpaired) electrons. The number of hydrogen-bond acceptors (Lipinski definition) is 3. The maximum Gasteiger partial charge on any atom is 0.242 e. The van der Waals surface area contributed by atoms with Crippen molar-refractivity contribution >= 4 is 51.1 Å². The van der Waals surface area contributed by atoms with Crippen molar-refractivity contribution in [1.29, 1.82) is 0 Å². The van der Waals surface area contributed by atoms with Gasteiger partial charge in [-0.25, -0.2) is 0 Å². The van der Waals surface area contributed by atoms with Gasteiger partial charge in [0.05, 0.1) is 5.75 Å². The number of halogens is 2. The summed E-state index contributed by atoms with van der Waals surface area (Å²) in [5.74, 6) is 0.715. The second-order valence-electron chi connectivity index (χ2n) is 7.23. The number of carbonyl (C=O) groups excluding carboxylic acids is 2. The van der Waals surface area contributed by atoms with E-state index < -0.39 is 6.04 Å². The van der Waals surface area contributed by atoms with Gasteiger partial charge in [-0.15, -0.1) is 11.8 Å². The summed E-state index contributed by atoms with van der Waals surface area (Å²) in [4.78, 5) is 27.5. The highest BCUT2D eigenvalue weighted by atomic mass is 79.9. The van der Waals surface area contributed by atoms with E-state index in [0.717, 1.165) is 22.0 Å². The Labute approximate surface area is 196 Å². The first-order chi connectivity index (χ1) is 14.3. The summed E-state index contributed by atoms with van der Waals surface area (Å²) < 4.78 is 0.942. The first-order valence-electron chi connectivity index (χ1n) is 9.97. The fourth-order valence-corrected chi connectivity index (χ4v) is 4.47. The third-order valence-corrected chi connectivity index (χ3v) is 6.68. The topological polar surface area (TPSA) is 49.4 Å². The smallest absolute Gasteiger partial charge is 0.242 e. The van der Waals surface area contributed by atoms with Crippen LogP contribution in [0.3, 0.4) is 0 Å². The van der Waals surface area contributed by atoms with Gasteiger partial charge in [0.15, 0.2) is 0 Å². The molecule has 2 rings (SSSR count). The molecule has 0 heterocycles. The Morgan fingerprint density at radius 1 is 1.17 bits per heavy atom. The molecule has 0 aromatic heterocycles. The molecule has 0 saturated carbocycles. The number of nitrogens with one attached hydrogen (secondary N) is 1. The summed E-state index contributed by atoms with van der Waals surface area (Å²) in [6, 6.07) is 14.9. The SMILES string of the molecule is CC[C@H](C)NC(=O)[C@@H](C)N(Cc1cccc(Br)c1)C(=O)CSCc1ccccc1Cl. The molecule has 0 aliphatic heterocycles. The summed E-state index contributed by atoms with van der Waals surface area (Å²) in [5.41, 5.74) is 1.97. The van der Waals surface area contributed by atoms with E-state index in [1.165, 1.54) is 11.8 Å². The predicted molar refractivity (Wildman–Crippen MR) is 130 cm³/mol. The predicted octanol–water partition coefficient (Wildman–Crippen LogP) is 5.67. The minimum Gasteiger partial charge on any atom is -0.352 e. The van der Waals surface area contributed by atoms with Crippen LogP contribution in [0.4, 0.5) is 0 Å². The molecule has 2 aromatic rings. The number of hydrogen-bond donors (Lipinski definition) is 1. The van der Waals surface area contributed by atoms with E-state index in [0.29, 0.717) is 17.3 Å². The largest absolute Gasteiger partial charge is 0.352 e. The van der Waals surface area contributed by atoms with Gasteiger partial charge in [0.25, 0.3) is 0 Å². The lowest BCUT2D eigenvalue weighted by atomic mass is 10.1. The van der Waals surface area contributed by atoms with Crippen molar-refractivity contribution in [1.82, 2.24) is 10.2 Å². The zero-order chi connectivity index (χ0) is 22.1. The zero-order valence-electron chi connectivity index (χ0n) is 17.5. The average molecular weight is 512 g/mol. The lowest BCUT2D eigenvalue weighted by Gasteiger charge is -2.29. The lowest BCUT2D eigenvalue weighted by Crippen LogP contribution is -2.50. The molecule has 7 heteroatoms. The van der Waals surface area contributed by atoms with Crippen LogP contribution in [0.25, 0.3) is 0 Å². The fourth-order valence-electron chi connectivity index (χ4n) is 2.83. The molecule has 2 aromatic carbocycles. The van der Waals surface area contributed by atoms with Gasteiger partial charge in [-0.1, -0.05) is 64.8 Å². The Kier molecular flexibility index (Phi) is 10.2. The van der Waals surface area contributed by atoms with E-state index in [4.69, 9.17) is 11.6 Å². The van der Waals surface area contributed by atoms with Crippen LogP contribution >= 0.6 is 39.3 Å². The van der Waals surface area contributed by atoms with Crippen molar-refractivity contribution in [3.63, 3.8) is 0 Å². The van der Waals surface area contributed by atoms with Gasteiger partial charge in [-0.2, -0.15) is 0 Å². The van der Waals surface area contributed by atoms with E-state index in [-0.39, 0.29) is 23.6 Å². The summed E-state index contributed by atoms with van der Waals surface area (Å²) in [7, 11) is 0. The highest BCUT2D eigenvalue weighted by Gasteiger charge is 2.26. The minimum atomic E-state index is -0.564. The van der Waals surface area contributed by atoms with E-state index in [1.807, 2.05) is 62.4 Å². The van der Waals surface area contributed by atoms with Gasteiger partial charge in [-0.05, 0) is 49.6 Å². The van der Waals surface area contributed by atoms with Crippen LogP contribution in [-0.2, 0) is 21.9 Å². The molecule has 2 amide bonds. The van der Waals surface area contributed by atoms with Crippen LogP contribution < -0.4 is 5.32 Å². The van der Waals surface area contributed by atoms with Crippen molar-refractivity contribution in [2.75, 3.05) is 5.75 Å². The number of amides is 2. The molecule has 0 unspecified atom stereocenters. The normalized spacial score (nSPS) is 12.8. The summed E-state index contributed by atoms with van der Waals surface area (Å²) in [6.07, 6.45) is 0.839. The molecule has 162 valence electrons. The molecular weight excluding hydrogens is 484 g/mol. The summed E-state index contributed by atoms with van der Waals surface area (Å²) >= 11 is 11.2. The van der Waals surface area contributed by atoms with Crippen molar-refractivity contribution in [2.45, 2.75) is 51.6 Å². The van der Waals surface area contributed by atoms with Crippen molar-refractivity contribution in [3.8, 4) is 0 Å². The third-order valence-electron chi connectivity index (χ3n) is 4.85. The Hall–Kier alpha value is -1.50. The summed E-state index contributed by atoms with van der Waals surface area (Å²) in [5, 5.41) is 3.68. The minimum absolute atomic E-state index is 0.0670. The van der Waals surface area contributed by atoms with Crippen molar-refractivity contribution < 1.29 is 9.59 Å². The maximum atomic E-state index is 13.1.